The van der Waals surface area contributed by atoms with Crippen LogP contribution in [0.1, 0.15) is 19.3 Å². The molecule has 132 valence electrons. The third-order valence-corrected chi connectivity index (χ3v) is 4.24. The van der Waals surface area contributed by atoms with Crippen LogP contribution in [0.25, 0.3) is 10.8 Å². The fourth-order valence-electron chi connectivity index (χ4n) is 2.91. The summed E-state index contributed by atoms with van der Waals surface area (Å²) in [4.78, 5) is 49.9. The van der Waals surface area contributed by atoms with Crippen LogP contribution >= 0.6 is 0 Å². The van der Waals surface area contributed by atoms with Gasteiger partial charge in [0, 0.05) is 13.1 Å². The molecule has 1 N–H and O–H groups in total. The molecule has 2 heterocycles. The average Bonchev–Trinajstić information content (AvgIpc) is 2.64. The Morgan fingerprint density at radius 3 is 2.44 bits per heavy atom. The van der Waals surface area contributed by atoms with Crippen LogP contribution in [0.15, 0.2) is 33.9 Å². The Bertz CT molecular complexity index is 908. The summed E-state index contributed by atoms with van der Waals surface area (Å²) in [7, 11) is 0. The number of ether oxygens (including phenoxy) is 1. The highest BCUT2D eigenvalue weighted by atomic mass is 16.5. The SMILES string of the molecule is O=C(Cn1[nH]c(=O)c2ccccc2c1=O)OCC(=O)N1CCCCC1. The Labute approximate surface area is 143 Å². The van der Waals surface area contributed by atoms with E-state index in [0.29, 0.717) is 13.1 Å². The van der Waals surface area contributed by atoms with Crippen molar-refractivity contribution in [3.05, 3.63) is 45.0 Å². The summed E-state index contributed by atoms with van der Waals surface area (Å²) in [5, 5.41) is 2.84. The number of nitrogens with one attached hydrogen (secondary N) is 1. The maximum Gasteiger partial charge on any atom is 0.328 e. The number of fused-ring (bicyclic) bond motifs is 1. The van der Waals surface area contributed by atoms with Crippen molar-refractivity contribution >= 4 is 22.6 Å². The number of amides is 1. The van der Waals surface area contributed by atoms with Gasteiger partial charge in [0.1, 0.15) is 6.54 Å². The molecule has 0 saturated carbocycles. The molecule has 0 radical (unpaired) electrons. The molecule has 0 aliphatic carbocycles. The van der Waals surface area contributed by atoms with E-state index in [9.17, 15) is 19.2 Å². The van der Waals surface area contributed by atoms with Gasteiger partial charge < -0.3 is 9.64 Å². The first-order valence-corrected chi connectivity index (χ1v) is 8.21. The van der Waals surface area contributed by atoms with E-state index >= 15 is 0 Å². The number of piperidine rings is 1. The zero-order valence-corrected chi connectivity index (χ0v) is 13.7. The van der Waals surface area contributed by atoms with Gasteiger partial charge in [-0.15, -0.1) is 0 Å². The molecule has 3 rings (SSSR count). The molecule has 0 bridgehead atoms. The van der Waals surface area contributed by atoms with Crippen molar-refractivity contribution in [1.82, 2.24) is 14.7 Å². The van der Waals surface area contributed by atoms with Crippen molar-refractivity contribution in [2.24, 2.45) is 0 Å². The van der Waals surface area contributed by atoms with Crippen LogP contribution in [0, 0.1) is 0 Å². The topological polar surface area (TPSA) is 101 Å². The van der Waals surface area contributed by atoms with Gasteiger partial charge in [-0.2, -0.15) is 0 Å². The van der Waals surface area contributed by atoms with Crippen LogP contribution in [0.4, 0.5) is 0 Å². The van der Waals surface area contributed by atoms with E-state index in [-0.39, 0.29) is 23.3 Å². The number of esters is 1. The number of hydrogen-bond acceptors (Lipinski definition) is 5. The van der Waals surface area contributed by atoms with Gasteiger partial charge in [0.15, 0.2) is 6.61 Å². The predicted octanol–water partition coefficient (Wildman–Crippen LogP) is 0.245. The molecule has 0 unspecified atom stereocenters. The van der Waals surface area contributed by atoms with Gasteiger partial charge in [0.05, 0.1) is 10.8 Å². The molecule has 8 heteroatoms. The molecule has 8 nitrogen and oxygen atoms in total. The maximum atomic E-state index is 12.3. The summed E-state index contributed by atoms with van der Waals surface area (Å²) in [6.45, 7) is 0.541. The normalized spacial score (nSPS) is 14.5. The van der Waals surface area contributed by atoms with Crippen LogP contribution in [0.3, 0.4) is 0 Å². The van der Waals surface area contributed by atoms with Gasteiger partial charge in [0.2, 0.25) is 0 Å². The van der Waals surface area contributed by atoms with Crippen LogP contribution in [-0.4, -0.2) is 46.3 Å². The standard InChI is InChI=1S/C17H19N3O5/c21-14(19-8-4-1-5-9-19)11-25-15(22)10-20-17(24)13-7-3-2-6-12(13)16(23)18-20/h2-3,6-7H,1,4-5,8-11H2,(H,18,23). The highest BCUT2D eigenvalue weighted by Gasteiger charge is 2.18. The van der Waals surface area contributed by atoms with Gasteiger partial charge in [-0.25, -0.2) is 4.68 Å². The van der Waals surface area contributed by atoms with Crippen molar-refractivity contribution in [1.29, 1.82) is 0 Å². The second-order valence-electron chi connectivity index (χ2n) is 5.98. The Morgan fingerprint density at radius 1 is 1.04 bits per heavy atom. The van der Waals surface area contributed by atoms with Crippen molar-refractivity contribution in [3.8, 4) is 0 Å². The van der Waals surface area contributed by atoms with Crippen molar-refractivity contribution in [3.63, 3.8) is 0 Å². The van der Waals surface area contributed by atoms with E-state index in [1.54, 1.807) is 17.0 Å². The lowest BCUT2D eigenvalue weighted by Gasteiger charge is -2.26. The van der Waals surface area contributed by atoms with E-state index in [2.05, 4.69) is 5.10 Å². The Hall–Kier alpha value is -2.90. The molecule has 1 aliphatic rings. The fourth-order valence-corrected chi connectivity index (χ4v) is 2.91. The molecule has 0 atom stereocenters. The summed E-state index contributed by atoms with van der Waals surface area (Å²) in [5.74, 6) is -0.995. The fraction of sp³-hybridized carbons (Fsp3) is 0.412. The molecule has 1 fully saturated rings. The number of H-pyrrole nitrogens is 1. The first-order chi connectivity index (χ1) is 12.1. The average molecular weight is 345 g/mol. The molecular formula is C17H19N3O5. The Balaban J connectivity index is 1.66. The highest BCUT2D eigenvalue weighted by molar-refractivity contribution is 5.82. The lowest BCUT2D eigenvalue weighted by Crippen LogP contribution is -2.39. The van der Waals surface area contributed by atoms with Crippen molar-refractivity contribution in [2.75, 3.05) is 19.7 Å². The number of aromatic nitrogens is 2. The van der Waals surface area contributed by atoms with Gasteiger partial charge in [-0.3, -0.25) is 24.3 Å². The molecule has 1 amide bonds. The zero-order valence-electron chi connectivity index (χ0n) is 13.7. The predicted molar refractivity (Wildman–Crippen MR) is 90.2 cm³/mol. The Morgan fingerprint density at radius 2 is 1.72 bits per heavy atom. The smallest absolute Gasteiger partial charge is 0.328 e. The van der Waals surface area contributed by atoms with Gasteiger partial charge in [-0.1, -0.05) is 12.1 Å². The molecule has 1 saturated heterocycles. The van der Waals surface area contributed by atoms with Crippen molar-refractivity contribution < 1.29 is 14.3 Å². The van der Waals surface area contributed by atoms with Gasteiger partial charge in [-0.05, 0) is 31.4 Å². The molecular weight excluding hydrogens is 326 g/mol. The summed E-state index contributed by atoms with van der Waals surface area (Å²) in [6, 6.07) is 6.36. The number of nitrogens with zero attached hydrogens (tertiary/aromatic N) is 2. The third-order valence-electron chi connectivity index (χ3n) is 4.24. The summed E-state index contributed by atoms with van der Waals surface area (Å²) in [6.07, 6.45) is 3.00. The van der Waals surface area contributed by atoms with Crippen LogP contribution in [0.2, 0.25) is 0 Å². The third kappa shape index (κ3) is 3.78. The van der Waals surface area contributed by atoms with Crippen LogP contribution in [-0.2, 0) is 20.9 Å². The summed E-state index contributed by atoms with van der Waals surface area (Å²) >= 11 is 0. The minimum Gasteiger partial charge on any atom is -0.454 e. The second kappa shape index (κ2) is 7.33. The monoisotopic (exact) mass is 345 g/mol. The number of carbonyl (C=O) groups excluding carboxylic acids is 2. The molecule has 1 aliphatic heterocycles. The highest BCUT2D eigenvalue weighted by Crippen LogP contribution is 2.08. The number of likely N-dealkylation sites (tertiary alicyclic amines) is 1. The molecule has 1 aromatic carbocycles. The number of benzene rings is 1. The quantitative estimate of drug-likeness (QED) is 0.800. The summed E-state index contributed by atoms with van der Waals surface area (Å²) < 4.78 is 5.86. The van der Waals surface area contributed by atoms with E-state index < -0.39 is 23.6 Å². The summed E-state index contributed by atoms with van der Waals surface area (Å²) in [5.41, 5.74) is -0.957. The van der Waals surface area contributed by atoms with Crippen LogP contribution < -0.4 is 11.1 Å². The first-order valence-electron chi connectivity index (χ1n) is 8.21. The lowest BCUT2D eigenvalue weighted by molar-refractivity contribution is -0.153. The van der Waals surface area contributed by atoms with Gasteiger partial charge >= 0.3 is 5.97 Å². The minimum atomic E-state index is -0.751. The lowest BCUT2D eigenvalue weighted by atomic mass is 10.1. The number of hydrogen-bond donors (Lipinski definition) is 1. The van der Waals surface area contributed by atoms with Crippen LogP contribution in [0.5, 0.6) is 0 Å². The number of carbonyl (C=O) groups is 2. The molecule has 2 aromatic rings. The van der Waals surface area contributed by atoms with E-state index in [1.165, 1.54) is 12.1 Å². The molecule has 25 heavy (non-hydrogen) atoms. The number of rotatable bonds is 4. The zero-order chi connectivity index (χ0) is 17.8. The maximum absolute atomic E-state index is 12.3. The Kier molecular flexibility index (Phi) is 4.97. The minimum absolute atomic E-state index is 0.225. The van der Waals surface area contributed by atoms with E-state index in [1.807, 2.05) is 0 Å². The van der Waals surface area contributed by atoms with Crippen molar-refractivity contribution in [2.45, 2.75) is 25.8 Å². The van der Waals surface area contributed by atoms with E-state index in [4.69, 9.17) is 4.74 Å². The largest absolute Gasteiger partial charge is 0.454 e. The van der Waals surface area contributed by atoms with E-state index in [0.717, 1.165) is 23.9 Å². The number of aromatic amines is 1. The second-order valence-corrected chi connectivity index (χ2v) is 5.98. The molecule has 1 aromatic heterocycles. The molecule has 0 spiro atoms. The first kappa shape index (κ1) is 16.9. The van der Waals surface area contributed by atoms with Gasteiger partial charge in [0.25, 0.3) is 17.0 Å².